The van der Waals surface area contributed by atoms with E-state index >= 15 is 0 Å². The number of aryl methyl sites for hydroxylation is 1. The highest BCUT2D eigenvalue weighted by molar-refractivity contribution is 5.93. The lowest BCUT2D eigenvalue weighted by atomic mass is 9.97. The highest BCUT2D eigenvalue weighted by atomic mass is 16.5. The van der Waals surface area contributed by atoms with E-state index in [-0.39, 0.29) is 24.3 Å². The second-order valence-corrected chi connectivity index (χ2v) is 7.73. The molecule has 1 atom stereocenters. The minimum absolute atomic E-state index is 0.0791. The highest BCUT2D eigenvalue weighted by Crippen LogP contribution is 2.23. The van der Waals surface area contributed by atoms with Crippen LogP contribution in [0.1, 0.15) is 18.4 Å². The molecule has 31 heavy (non-hydrogen) atoms. The molecule has 1 N–H and O–H groups in total. The molecule has 2 aromatic carbocycles. The molecule has 0 unspecified atom stereocenters. The molecule has 7 heteroatoms. The van der Waals surface area contributed by atoms with Crippen molar-refractivity contribution in [1.82, 2.24) is 4.90 Å². The van der Waals surface area contributed by atoms with Crippen LogP contribution >= 0.6 is 0 Å². The number of para-hydroxylation sites is 1. The third-order valence-electron chi connectivity index (χ3n) is 5.47. The van der Waals surface area contributed by atoms with E-state index in [2.05, 4.69) is 5.32 Å². The van der Waals surface area contributed by atoms with Crippen LogP contribution in [0.2, 0.25) is 0 Å². The quantitative estimate of drug-likeness (QED) is 0.640. The van der Waals surface area contributed by atoms with E-state index in [0.717, 1.165) is 29.5 Å². The van der Waals surface area contributed by atoms with Gasteiger partial charge in [0.1, 0.15) is 11.3 Å². The van der Waals surface area contributed by atoms with E-state index in [0.29, 0.717) is 24.4 Å². The summed E-state index contributed by atoms with van der Waals surface area (Å²) in [6.07, 6.45) is 1.51. The van der Waals surface area contributed by atoms with Gasteiger partial charge < -0.3 is 19.4 Å². The van der Waals surface area contributed by atoms with Gasteiger partial charge in [0.2, 0.25) is 5.91 Å². The molecule has 0 bridgehead atoms. The molecule has 7 nitrogen and oxygen atoms in total. The number of carbonyl (C=O) groups is 2. The summed E-state index contributed by atoms with van der Waals surface area (Å²) in [6, 6.07) is 15.9. The lowest BCUT2D eigenvalue weighted by molar-refractivity contribution is -0.136. The third-order valence-corrected chi connectivity index (χ3v) is 5.47. The molecular weight excluding hydrogens is 396 g/mol. The zero-order valence-corrected chi connectivity index (χ0v) is 17.3. The maximum Gasteiger partial charge on any atom is 0.336 e. The first-order chi connectivity index (χ1) is 15.0. The number of benzene rings is 2. The van der Waals surface area contributed by atoms with E-state index in [9.17, 15) is 14.4 Å². The van der Waals surface area contributed by atoms with Gasteiger partial charge in [0.25, 0.3) is 5.91 Å². The van der Waals surface area contributed by atoms with E-state index in [4.69, 9.17) is 9.15 Å². The number of hydrogen-bond donors (Lipinski definition) is 1. The smallest absolute Gasteiger partial charge is 0.336 e. The third kappa shape index (κ3) is 4.94. The summed E-state index contributed by atoms with van der Waals surface area (Å²) in [5.74, 6) is -0.0617. The van der Waals surface area contributed by atoms with Crippen molar-refractivity contribution in [3.63, 3.8) is 0 Å². The van der Waals surface area contributed by atoms with Gasteiger partial charge in [0, 0.05) is 36.3 Å². The van der Waals surface area contributed by atoms with E-state index in [1.54, 1.807) is 23.1 Å². The Hall–Kier alpha value is -3.61. The highest BCUT2D eigenvalue weighted by Gasteiger charge is 2.28. The summed E-state index contributed by atoms with van der Waals surface area (Å²) >= 11 is 0. The monoisotopic (exact) mass is 420 g/mol. The first-order valence-corrected chi connectivity index (χ1v) is 10.3. The molecule has 0 aliphatic carbocycles. The zero-order valence-electron chi connectivity index (χ0n) is 17.3. The van der Waals surface area contributed by atoms with Gasteiger partial charge >= 0.3 is 5.63 Å². The van der Waals surface area contributed by atoms with E-state index in [1.807, 2.05) is 37.3 Å². The van der Waals surface area contributed by atoms with Crippen molar-refractivity contribution in [3.8, 4) is 5.75 Å². The number of fused-ring (bicyclic) bond motifs is 1. The summed E-state index contributed by atoms with van der Waals surface area (Å²) in [5.41, 5.74) is 1.57. The van der Waals surface area contributed by atoms with Gasteiger partial charge in [-0.3, -0.25) is 9.59 Å². The number of ether oxygens (including phenoxy) is 1. The molecule has 0 radical (unpaired) electrons. The van der Waals surface area contributed by atoms with Crippen LogP contribution in [0.25, 0.3) is 11.0 Å². The lowest BCUT2D eigenvalue weighted by Crippen LogP contribution is -2.45. The minimum atomic E-state index is -0.425. The maximum atomic E-state index is 12.7. The van der Waals surface area contributed by atoms with Crippen molar-refractivity contribution >= 4 is 28.5 Å². The molecule has 4 rings (SSSR count). The van der Waals surface area contributed by atoms with Crippen molar-refractivity contribution in [3.05, 3.63) is 70.6 Å². The van der Waals surface area contributed by atoms with Gasteiger partial charge in [-0.2, -0.15) is 0 Å². The van der Waals surface area contributed by atoms with Crippen LogP contribution in [-0.4, -0.2) is 36.4 Å². The van der Waals surface area contributed by atoms with Gasteiger partial charge in [-0.15, -0.1) is 0 Å². The summed E-state index contributed by atoms with van der Waals surface area (Å²) in [7, 11) is 0. The van der Waals surface area contributed by atoms with Gasteiger partial charge in [0.15, 0.2) is 6.61 Å². The van der Waals surface area contributed by atoms with Crippen LogP contribution in [-0.2, 0) is 9.59 Å². The fourth-order valence-electron chi connectivity index (χ4n) is 3.81. The Morgan fingerprint density at radius 2 is 1.97 bits per heavy atom. The standard InChI is InChI=1S/C24H24N2O5/c1-16-12-23(28)31-21-13-19(9-10-20(16)21)30-15-22(27)26-11-5-6-17(14-26)24(29)25-18-7-3-2-4-8-18/h2-4,7-10,12-13,17H,5-6,11,14-15H2,1H3,(H,25,29)/t17-/m1/s1. The molecule has 3 aromatic rings. The number of anilines is 1. The molecular formula is C24H24N2O5. The van der Waals surface area contributed by atoms with Gasteiger partial charge in [-0.05, 0) is 49.6 Å². The molecule has 1 saturated heterocycles. The Labute approximate surface area is 179 Å². The summed E-state index contributed by atoms with van der Waals surface area (Å²) in [5, 5.41) is 3.73. The number of piperidine rings is 1. The van der Waals surface area contributed by atoms with Crippen molar-refractivity contribution in [2.45, 2.75) is 19.8 Å². The fourth-order valence-corrected chi connectivity index (χ4v) is 3.81. The van der Waals surface area contributed by atoms with Crippen molar-refractivity contribution in [2.24, 2.45) is 5.92 Å². The van der Waals surface area contributed by atoms with Crippen LogP contribution in [0, 0.1) is 12.8 Å². The van der Waals surface area contributed by atoms with Crippen molar-refractivity contribution < 1.29 is 18.7 Å². The Kier molecular flexibility index (Phi) is 6.02. The van der Waals surface area contributed by atoms with Crippen LogP contribution in [0.4, 0.5) is 5.69 Å². The molecule has 1 aromatic heterocycles. The van der Waals surface area contributed by atoms with Gasteiger partial charge in [-0.1, -0.05) is 18.2 Å². The molecule has 2 amide bonds. The Morgan fingerprint density at radius 1 is 1.16 bits per heavy atom. The van der Waals surface area contributed by atoms with Crippen LogP contribution in [0.5, 0.6) is 5.75 Å². The average Bonchev–Trinajstić information content (AvgIpc) is 2.78. The number of nitrogens with one attached hydrogen (secondary N) is 1. The normalized spacial score (nSPS) is 16.2. The Bertz CT molecular complexity index is 1160. The second kappa shape index (κ2) is 9.04. The predicted molar refractivity (Wildman–Crippen MR) is 117 cm³/mol. The molecule has 1 aliphatic heterocycles. The maximum absolute atomic E-state index is 12.7. The second-order valence-electron chi connectivity index (χ2n) is 7.73. The number of amides is 2. The molecule has 160 valence electrons. The van der Waals surface area contributed by atoms with Gasteiger partial charge in [0.05, 0.1) is 5.92 Å². The van der Waals surface area contributed by atoms with E-state index < -0.39 is 5.63 Å². The van der Waals surface area contributed by atoms with Crippen molar-refractivity contribution in [1.29, 1.82) is 0 Å². The molecule has 1 aliphatic rings. The largest absolute Gasteiger partial charge is 0.484 e. The van der Waals surface area contributed by atoms with Crippen LogP contribution < -0.4 is 15.7 Å². The zero-order chi connectivity index (χ0) is 21.8. The summed E-state index contributed by atoms with van der Waals surface area (Å²) < 4.78 is 10.9. The van der Waals surface area contributed by atoms with E-state index in [1.165, 1.54) is 6.07 Å². The van der Waals surface area contributed by atoms with Gasteiger partial charge in [-0.25, -0.2) is 4.79 Å². The Balaban J connectivity index is 1.35. The molecule has 0 saturated carbocycles. The lowest BCUT2D eigenvalue weighted by Gasteiger charge is -2.32. The predicted octanol–water partition coefficient (Wildman–Crippen LogP) is 3.36. The summed E-state index contributed by atoms with van der Waals surface area (Å²) in [4.78, 5) is 38.5. The molecule has 0 spiro atoms. The SMILES string of the molecule is Cc1cc(=O)oc2cc(OCC(=O)N3CCC[C@@H](C(=O)Nc4ccccc4)C3)ccc12. The average molecular weight is 420 g/mol. The van der Waals surface area contributed by atoms with Crippen molar-refractivity contribution in [2.75, 3.05) is 25.0 Å². The topological polar surface area (TPSA) is 88.8 Å². The number of likely N-dealkylation sites (tertiary alicyclic amines) is 1. The molecule has 1 fully saturated rings. The first-order valence-electron chi connectivity index (χ1n) is 10.3. The number of carbonyl (C=O) groups excluding carboxylic acids is 2. The number of nitrogens with zero attached hydrogens (tertiary/aromatic N) is 1. The van der Waals surface area contributed by atoms with Crippen LogP contribution in [0.15, 0.2) is 63.8 Å². The molecule has 2 heterocycles. The summed E-state index contributed by atoms with van der Waals surface area (Å²) in [6.45, 7) is 2.66. The number of hydrogen-bond acceptors (Lipinski definition) is 5. The first kappa shape index (κ1) is 20.7. The fraction of sp³-hybridized carbons (Fsp3) is 0.292. The van der Waals surface area contributed by atoms with Crippen LogP contribution in [0.3, 0.4) is 0 Å². The number of rotatable bonds is 5. The Morgan fingerprint density at radius 3 is 2.77 bits per heavy atom. The minimum Gasteiger partial charge on any atom is -0.484 e.